The van der Waals surface area contributed by atoms with E-state index in [4.69, 9.17) is 0 Å². The molecule has 0 aliphatic carbocycles. The van der Waals surface area contributed by atoms with Crippen LogP contribution in [0, 0.1) is 0 Å². The molecule has 100 valence electrons. The second kappa shape index (κ2) is 6.91. The van der Waals surface area contributed by atoms with Crippen molar-refractivity contribution in [2.75, 3.05) is 19.6 Å². The number of nitrogens with one attached hydrogen (secondary N) is 1. The van der Waals surface area contributed by atoms with Gasteiger partial charge in [-0.05, 0) is 44.8 Å². The largest absolute Gasteiger partial charge is 0.313 e. The Morgan fingerprint density at radius 2 is 2.11 bits per heavy atom. The minimum atomic E-state index is 0.647. The van der Waals surface area contributed by atoms with E-state index in [2.05, 4.69) is 54.4 Å². The van der Waals surface area contributed by atoms with E-state index in [9.17, 15) is 0 Å². The van der Waals surface area contributed by atoms with Crippen molar-refractivity contribution in [2.24, 2.45) is 0 Å². The highest BCUT2D eigenvalue weighted by molar-refractivity contribution is 5.15. The number of likely N-dealkylation sites (N-methyl/N-ethyl adjacent to an activating group) is 1. The fraction of sp³-hybridized carbons (Fsp3) is 0.625. The van der Waals surface area contributed by atoms with Crippen LogP contribution in [-0.4, -0.2) is 36.6 Å². The molecule has 2 atom stereocenters. The molecule has 2 unspecified atom stereocenters. The van der Waals surface area contributed by atoms with E-state index in [0.717, 1.165) is 6.54 Å². The number of piperidine rings is 1. The number of nitrogens with zero attached hydrogens (tertiary/aromatic N) is 1. The molecular weight excluding hydrogens is 220 g/mol. The molecule has 1 aliphatic heterocycles. The minimum Gasteiger partial charge on any atom is -0.313 e. The first kappa shape index (κ1) is 13.6. The highest BCUT2D eigenvalue weighted by Gasteiger charge is 2.22. The maximum absolute atomic E-state index is 3.59. The Labute approximate surface area is 111 Å². The van der Waals surface area contributed by atoms with Crippen molar-refractivity contribution in [3.63, 3.8) is 0 Å². The normalized spacial score (nSPS) is 22.9. The lowest BCUT2D eigenvalue weighted by atomic mass is 10.0. The van der Waals surface area contributed by atoms with E-state index in [-0.39, 0.29) is 0 Å². The Morgan fingerprint density at radius 1 is 1.33 bits per heavy atom. The first-order valence-corrected chi connectivity index (χ1v) is 7.31. The zero-order valence-electron chi connectivity index (χ0n) is 11.7. The number of hydrogen-bond donors (Lipinski definition) is 1. The molecule has 1 aromatic rings. The van der Waals surface area contributed by atoms with Gasteiger partial charge in [-0.1, -0.05) is 37.3 Å². The summed E-state index contributed by atoms with van der Waals surface area (Å²) in [4.78, 5) is 2.64. The van der Waals surface area contributed by atoms with Crippen molar-refractivity contribution in [3.05, 3.63) is 35.9 Å². The highest BCUT2D eigenvalue weighted by Crippen LogP contribution is 2.16. The van der Waals surface area contributed by atoms with Crippen LogP contribution in [0.5, 0.6) is 0 Å². The molecule has 0 spiro atoms. The van der Waals surface area contributed by atoms with Crippen LogP contribution in [0.15, 0.2) is 30.3 Å². The van der Waals surface area contributed by atoms with E-state index < -0.39 is 0 Å². The summed E-state index contributed by atoms with van der Waals surface area (Å²) in [6.45, 7) is 8.12. The van der Waals surface area contributed by atoms with Crippen LogP contribution >= 0.6 is 0 Å². The molecular formula is C16H26N2. The zero-order chi connectivity index (χ0) is 12.8. The summed E-state index contributed by atoms with van der Waals surface area (Å²) in [5.41, 5.74) is 1.45. The van der Waals surface area contributed by atoms with Gasteiger partial charge in [0.2, 0.25) is 0 Å². The highest BCUT2D eigenvalue weighted by atomic mass is 15.2. The summed E-state index contributed by atoms with van der Waals surface area (Å²) in [7, 11) is 0. The Kier molecular flexibility index (Phi) is 5.21. The van der Waals surface area contributed by atoms with Gasteiger partial charge < -0.3 is 5.32 Å². The Bertz CT molecular complexity index is 334. The first-order valence-electron chi connectivity index (χ1n) is 7.31. The topological polar surface area (TPSA) is 15.3 Å². The van der Waals surface area contributed by atoms with Crippen LogP contribution < -0.4 is 5.32 Å². The van der Waals surface area contributed by atoms with E-state index >= 15 is 0 Å². The molecule has 0 saturated carbocycles. The molecule has 2 rings (SSSR count). The van der Waals surface area contributed by atoms with Crippen molar-refractivity contribution >= 4 is 0 Å². The molecule has 1 saturated heterocycles. The molecule has 18 heavy (non-hydrogen) atoms. The lowest BCUT2D eigenvalue weighted by Gasteiger charge is -2.37. The molecule has 1 N–H and O–H groups in total. The summed E-state index contributed by atoms with van der Waals surface area (Å²) in [6, 6.07) is 12.2. The fourth-order valence-corrected chi connectivity index (χ4v) is 2.95. The summed E-state index contributed by atoms with van der Waals surface area (Å²) in [5.74, 6) is 0. The number of likely N-dealkylation sites (tertiary alicyclic amines) is 1. The van der Waals surface area contributed by atoms with Crippen LogP contribution in [-0.2, 0) is 6.42 Å². The minimum absolute atomic E-state index is 0.647. The van der Waals surface area contributed by atoms with E-state index in [1.54, 1.807) is 0 Å². The van der Waals surface area contributed by atoms with Gasteiger partial charge in [0.05, 0.1) is 0 Å². The van der Waals surface area contributed by atoms with E-state index in [0.29, 0.717) is 12.1 Å². The second-order valence-corrected chi connectivity index (χ2v) is 5.43. The standard InChI is InChI=1S/C16H26N2/c1-3-17-16-10-7-11-18(13-16)14(2)12-15-8-5-4-6-9-15/h4-6,8-9,14,16-17H,3,7,10-13H2,1-2H3. The SMILES string of the molecule is CCNC1CCCN(C(C)Cc2ccccc2)C1. The Balaban J connectivity index is 1.86. The van der Waals surface area contributed by atoms with Gasteiger partial charge in [0.15, 0.2) is 0 Å². The maximum Gasteiger partial charge on any atom is 0.0195 e. The quantitative estimate of drug-likeness (QED) is 0.859. The molecule has 0 aromatic heterocycles. The van der Waals surface area contributed by atoms with Gasteiger partial charge in [-0.25, -0.2) is 0 Å². The smallest absolute Gasteiger partial charge is 0.0195 e. The van der Waals surface area contributed by atoms with E-state index in [1.807, 2.05) is 0 Å². The Morgan fingerprint density at radius 3 is 2.83 bits per heavy atom. The number of rotatable bonds is 5. The molecule has 1 heterocycles. The van der Waals surface area contributed by atoms with Gasteiger partial charge in [-0.15, -0.1) is 0 Å². The van der Waals surface area contributed by atoms with Gasteiger partial charge in [0.1, 0.15) is 0 Å². The molecule has 2 nitrogen and oxygen atoms in total. The van der Waals surface area contributed by atoms with Crippen LogP contribution in [0.1, 0.15) is 32.3 Å². The predicted molar refractivity (Wildman–Crippen MR) is 77.9 cm³/mol. The van der Waals surface area contributed by atoms with Crippen LogP contribution in [0.2, 0.25) is 0 Å². The second-order valence-electron chi connectivity index (χ2n) is 5.43. The average molecular weight is 246 g/mol. The lowest BCUT2D eigenvalue weighted by molar-refractivity contribution is 0.146. The zero-order valence-corrected chi connectivity index (χ0v) is 11.7. The van der Waals surface area contributed by atoms with Crippen LogP contribution in [0.4, 0.5) is 0 Å². The number of benzene rings is 1. The van der Waals surface area contributed by atoms with Crippen molar-refractivity contribution < 1.29 is 0 Å². The third-order valence-corrected chi connectivity index (χ3v) is 3.94. The predicted octanol–water partition coefficient (Wildman–Crippen LogP) is 2.69. The molecule has 0 amide bonds. The molecule has 0 bridgehead atoms. The molecule has 1 aliphatic rings. The van der Waals surface area contributed by atoms with Gasteiger partial charge in [-0.3, -0.25) is 4.90 Å². The van der Waals surface area contributed by atoms with E-state index in [1.165, 1.54) is 37.9 Å². The van der Waals surface area contributed by atoms with Gasteiger partial charge in [0, 0.05) is 18.6 Å². The first-order chi connectivity index (χ1) is 8.79. The van der Waals surface area contributed by atoms with Crippen molar-refractivity contribution in [2.45, 2.75) is 45.2 Å². The van der Waals surface area contributed by atoms with Gasteiger partial charge in [-0.2, -0.15) is 0 Å². The molecule has 1 fully saturated rings. The van der Waals surface area contributed by atoms with Crippen molar-refractivity contribution in [1.29, 1.82) is 0 Å². The monoisotopic (exact) mass is 246 g/mol. The fourth-order valence-electron chi connectivity index (χ4n) is 2.95. The summed E-state index contributed by atoms with van der Waals surface area (Å²) >= 11 is 0. The maximum atomic E-state index is 3.59. The number of hydrogen-bond acceptors (Lipinski definition) is 2. The molecule has 2 heteroatoms. The summed E-state index contributed by atoms with van der Waals surface area (Å²) in [5, 5.41) is 3.59. The van der Waals surface area contributed by atoms with Crippen molar-refractivity contribution in [3.8, 4) is 0 Å². The summed E-state index contributed by atoms with van der Waals surface area (Å²) < 4.78 is 0. The Hall–Kier alpha value is -0.860. The van der Waals surface area contributed by atoms with Gasteiger partial charge in [0.25, 0.3) is 0 Å². The van der Waals surface area contributed by atoms with Gasteiger partial charge >= 0.3 is 0 Å². The molecule has 1 aromatic carbocycles. The summed E-state index contributed by atoms with van der Waals surface area (Å²) in [6.07, 6.45) is 3.83. The third kappa shape index (κ3) is 3.82. The van der Waals surface area contributed by atoms with Crippen LogP contribution in [0.3, 0.4) is 0 Å². The third-order valence-electron chi connectivity index (χ3n) is 3.94. The average Bonchev–Trinajstić information content (AvgIpc) is 2.40. The van der Waals surface area contributed by atoms with Crippen LogP contribution in [0.25, 0.3) is 0 Å². The molecule has 0 radical (unpaired) electrons. The van der Waals surface area contributed by atoms with Crippen molar-refractivity contribution in [1.82, 2.24) is 10.2 Å². The lowest BCUT2D eigenvalue weighted by Crippen LogP contribution is -2.49.